The Morgan fingerprint density at radius 3 is 3.00 bits per heavy atom. The maximum absolute atomic E-state index is 9.64. The summed E-state index contributed by atoms with van der Waals surface area (Å²) in [6, 6.07) is 0. The van der Waals surface area contributed by atoms with E-state index in [9.17, 15) is 5.11 Å². The number of aliphatic hydroxyl groups is 1. The average Bonchev–Trinajstić information content (AvgIpc) is 2.73. The lowest BCUT2D eigenvalue weighted by molar-refractivity contribution is 0.192. The van der Waals surface area contributed by atoms with Crippen LogP contribution in [0.2, 0.25) is 0 Å². The number of unbranched alkanes of at least 4 members (excludes halogenated alkanes) is 1. The van der Waals surface area contributed by atoms with Crippen LogP contribution in [0.5, 0.6) is 0 Å². The minimum absolute atomic E-state index is 0.477. The van der Waals surface area contributed by atoms with Gasteiger partial charge in [0.1, 0.15) is 0 Å². The summed E-state index contributed by atoms with van der Waals surface area (Å²) in [6.07, 6.45) is 8.42. The van der Waals surface area contributed by atoms with Gasteiger partial charge in [-0.25, -0.2) is 4.98 Å². The summed E-state index contributed by atoms with van der Waals surface area (Å²) in [4.78, 5) is 4.11. The zero-order valence-corrected chi connectivity index (χ0v) is 11.0. The van der Waals surface area contributed by atoms with Crippen LogP contribution in [0.3, 0.4) is 0 Å². The number of rotatable bonds is 6. The molecule has 3 nitrogen and oxygen atoms in total. The monoisotopic (exact) mass is 240 g/mol. The van der Waals surface area contributed by atoms with Crippen LogP contribution in [-0.4, -0.2) is 20.9 Å². The fourth-order valence-corrected chi connectivity index (χ4v) is 2.09. The highest BCUT2D eigenvalue weighted by Gasteiger charge is 2.10. The van der Waals surface area contributed by atoms with Crippen molar-refractivity contribution >= 4 is 17.5 Å². The molecule has 0 aromatic carbocycles. The number of aromatic nitrogens is 2. The van der Waals surface area contributed by atoms with Crippen LogP contribution in [0, 0.1) is 0 Å². The Labute approximate surface area is 102 Å². The van der Waals surface area contributed by atoms with Gasteiger partial charge in [-0.15, -0.1) is 11.8 Å². The molecular formula is C12H20N2OS. The summed E-state index contributed by atoms with van der Waals surface area (Å²) in [6.45, 7) is 3.95. The normalized spacial score (nSPS) is 14.1. The largest absolute Gasteiger partial charge is 0.387 e. The van der Waals surface area contributed by atoms with Crippen molar-refractivity contribution in [2.24, 2.45) is 0 Å². The molecule has 1 atom stereocenters. The fourth-order valence-electron chi connectivity index (χ4n) is 1.58. The number of allylic oxidation sites excluding steroid dienone is 1. The topological polar surface area (TPSA) is 38.0 Å². The molecule has 1 unspecified atom stereocenters. The first-order chi connectivity index (χ1) is 7.70. The molecular weight excluding hydrogens is 220 g/mol. The van der Waals surface area contributed by atoms with E-state index in [1.165, 1.54) is 12.1 Å². The quantitative estimate of drug-likeness (QED) is 0.829. The predicted octanol–water partition coefficient (Wildman–Crippen LogP) is 3.29. The molecule has 0 amide bonds. The Balaban J connectivity index is 2.92. The molecule has 0 saturated carbocycles. The Hall–Kier alpha value is -0.740. The summed E-state index contributed by atoms with van der Waals surface area (Å²) < 4.78 is 2.00. The predicted molar refractivity (Wildman–Crippen MR) is 70.2 cm³/mol. The summed E-state index contributed by atoms with van der Waals surface area (Å²) in [5.41, 5.74) is 2.07. The van der Waals surface area contributed by atoms with Crippen LogP contribution < -0.4 is 0 Å². The maximum atomic E-state index is 9.64. The molecule has 0 aliphatic rings. The molecule has 1 aromatic rings. The van der Waals surface area contributed by atoms with Gasteiger partial charge in [-0.05, 0) is 31.4 Å². The van der Waals surface area contributed by atoms with Gasteiger partial charge in [0, 0.05) is 5.70 Å². The molecule has 0 aliphatic carbocycles. The highest BCUT2D eigenvalue weighted by atomic mass is 32.2. The number of nitrogens with zero attached hydrogens (tertiary/aromatic N) is 2. The molecule has 0 radical (unpaired) electrons. The highest BCUT2D eigenvalue weighted by Crippen LogP contribution is 2.22. The lowest BCUT2D eigenvalue weighted by Gasteiger charge is -2.13. The van der Waals surface area contributed by atoms with Crippen LogP contribution in [-0.2, 0) is 0 Å². The van der Waals surface area contributed by atoms with Crippen molar-refractivity contribution in [3.8, 4) is 0 Å². The van der Waals surface area contributed by atoms with Gasteiger partial charge in [0.15, 0.2) is 0 Å². The Kier molecular flexibility index (Phi) is 5.63. The van der Waals surface area contributed by atoms with E-state index in [-0.39, 0.29) is 0 Å². The van der Waals surface area contributed by atoms with Crippen LogP contribution >= 0.6 is 11.8 Å². The Bertz CT molecular complexity index is 345. The number of aliphatic hydroxyl groups excluding tert-OH is 1. The second kappa shape index (κ2) is 6.76. The number of imidazole rings is 1. The standard InChI is InChI=1S/C12H20N2OS/c1-4-5-6-11(8-16-3)14-9-13-7-12(14)10(2)15/h7-10,15H,4-6H2,1-3H3/b11-8-. The number of hydrogen-bond donors (Lipinski definition) is 1. The first-order valence-corrected chi connectivity index (χ1v) is 6.92. The molecule has 90 valence electrons. The number of hydrogen-bond acceptors (Lipinski definition) is 3. The molecule has 0 bridgehead atoms. The summed E-state index contributed by atoms with van der Waals surface area (Å²) in [5.74, 6) is 0. The first kappa shape index (κ1) is 13.3. The second-order valence-corrected chi connectivity index (χ2v) is 4.52. The van der Waals surface area contributed by atoms with Crippen LogP contribution in [0.25, 0.3) is 5.70 Å². The zero-order valence-electron chi connectivity index (χ0n) is 10.2. The van der Waals surface area contributed by atoms with Gasteiger partial charge >= 0.3 is 0 Å². The van der Waals surface area contributed by atoms with Gasteiger partial charge in [-0.3, -0.25) is 0 Å². The van der Waals surface area contributed by atoms with Crippen LogP contribution in [0.4, 0.5) is 0 Å². The SMILES string of the molecule is CCCC/C(=C/SC)n1cncc1C(C)O. The summed E-state index contributed by atoms with van der Waals surface area (Å²) in [5, 5.41) is 11.8. The van der Waals surface area contributed by atoms with Gasteiger partial charge in [0.05, 0.1) is 24.3 Å². The molecule has 0 saturated heterocycles. The van der Waals surface area contributed by atoms with Gasteiger partial charge < -0.3 is 9.67 Å². The van der Waals surface area contributed by atoms with E-state index in [0.717, 1.165) is 18.5 Å². The summed E-state index contributed by atoms with van der Waals surface area (Å²) >= 11 is 1.69. The molecule has 1 N–H and O–H groups in total. The van der Waals surface area contributed by atoms with Gasteiger partial charge in [-0.1, -0.05) is 13.3 Å². The van der Waals surface area contributed by atoms with Crippen molar-refractivity contribution in [1.82, 2.24) is 9.55 Å². The molecule has 0 aliphatic heterocycles. The van der Waals surface area contributed by atoms with Crippen molar-refractivity contribution < 1.29 is 5.11 Å². The van der Waals surface area contributed by atoms with E-state index in [2.05, 4.69) is 17.3 Å². The lowest BCUT2D eigenvalue weighted by Crippen LogP contribution is -2.04. The van der Waals surface area contributed by atoms with E-state index in [1.807, 2.05) is 10.8 Å². The zero-order chi connectivity index (χ0) is 12.0. The van der Waals surface area contributed by atoms with E-state index >= 15 is 0 Å². The van der Waals surface area contributed by atoms with E-state index in [4.69, 9.17) is 0 Å². The van der Waals surface area contributed by atoms with Gasteiger partial charge in [-0.2, -0.15) is 0 Å². The second-order valence-electron chi connectivity index (χ2n) is 3.81. The van der Waals surface area contributed by atoms with Crippen molar-refractivity contribution in [3.05, 3.63) is 23.6 Å². The molecule has 16 heavy (non-hydrogen) atoms. The molecule has 1 rings (SSSR count). The van der Waals surface area contributed by atoms with Gasteiger partial charge in [0.2, 0.25) is 0 Å². The minimum atomic E-state index is -0.477. The van der Waals surface area contributed by atoms with E-state index < -0.39 is 6.10 Å². The molecule has 0 spiro atoms. The van der Waals surface area contributed by atoms with E-state index in [1.54, 1.807) is 31.2 Å². The third kappa shape index (κ3) is 3.39. The van der Waals surface area contributed by atoms with Crippen LogP contribution in [0.15, 0.2) is 17.9 Å². The maximum Gasteiger partial charge on any atom is 0.0992 e. The first-order valence-electron chi connectivity index (χ1n) is 5.63. The molecule has 1 aromatic heterocycles. The highest BCUT2D eigenvalue weighted by molar-refractivity contribution is 8.01. The number of thioether (sulfide) groups is 1. The van der Waals surface area contributed by atoms with Crippen LogP contribution in [0.1, 0.15) is 44.9 Å². The van der Waals surface area contributed by atoms with Gasteiger partial charge in [0.25, 0.3) is 0 Å². The molecule has 4 heteroatoms. The van der Waals surface area contributed by atoms with Crippen molar-refractivity contribution in [2.75, 3.05) is 6.26 Å². The molecule has 1 heterocycles. The fraction of sp³-hybridized carbons (Fsp3) is 0.583. The third-order valence-corrected chi connectivity index (χ3v) is 2.95. The average molecular weight is 240 g/mol. The van der Waals surface area contributed by atoms with Crippen molar-refractivity contribution in [1.29, 1.82) is 0 Å². The smallest absolute Gasteiger partial charge is 0.0992 e. The minimum Gasteiger partial charge on any atom is -0.387 e. The Morgan fingerprint density at radius 1 is 1.69 bits per heavy atom. The van der Waals surface area contributed by atoms with Crippen molar-refractivity contribution in [3.63, 3.8) is 0 Å². The summed E-state index contributed by atoms with van der Waals surface area (Å²) in [7, 11) is 0. The van der Waals surface area contributed by atoms with E-state index in [0.29, 0.717) is 0 Å². The third-order valence-electron chi connectivity index (χ3n) is 2.44. The molecule has 0 fully saturated rings. The lowest BCUT2D eigenvalue weighted by atomic mass is 10.2. The van der Waals surface area contributed by atoms with Crippen molar-refractivity contribution in [2.45, 2.75) is 39.2 Å². The Morgan fingerprint density at radius 2 is 2.44 bits per heavy atom.